The monoisotopic (exact) mass is 321 g/mol. The maximum atomic E-state index is 12.4. The predicted octanol–water partition coefficient (Wildman–Crippen LogP) is 0.784. The first-order valence-electron chi connectivity index (χ1n) is 8.08. The zero-order valence-corrected chi connectivity index (χ0v) is 13.8. The van der Waals surface area contributed by atoms with Gasteiger partial charge >= 0.3 is 6.03 Å². The lowest BCUT2D eigenvalue weighted by Crippen LogP contribution is -2.55. The van der Waals surface area contributed by atoms with Gasteiger partial charge in [-0.05, 0) is 26.3 Å². The van der Waals surface area contributed by atoms with Crippen LogP contribution in [0.5, 0.6) is 0 Å². The summed E-state index contributed by atoms with van der Waals surface area (Å²) in [6.07, 6.45) is 2.63. The molecule has 23 heavy (non-hydrogen) atoms. The summed E-state index contributed by atoms with van der Waals surface area (Å²) < 4.78 is 5.25. The largest absolute Gasteiger partial charge is 0.338 e. The second-order valence-electron chi connectivity index (χ2n) is 6.53. The number of aromatic nitrogens is 2. The van der Waals surface area contributed by atoms with Gasteiger partial charge in [-0.3, -0.25) is 14.6 Å². The summed E-state index contributed by atoms with van der Waals surface area (Å²) in [7, 11) is 1.52. The molecule has 1 N–H and O–H groups in total. The Morgan fingerprint density at radius 2 is 2.22 bits per heavy atom. The average molecular weight is 321 g/mol. The number of imide groups is 1. The van der Waals surface area contributed by atoms with E-state index in [9.17, 15) is 9.59 Å². The zero-order valence-electron chi connectivity index (χ0n) is 13.8. The minimum atomic E-state index is -0.825. The van der Waals surface area contributed by atoms with Crippen LogP contribution >= 0.6 is 0 Å². The lowest BCUT2D eigenvalue weighted by Gasteiger charge is -2.39. The Hall–Kier alpha value is -1.96. The van der Waals surface area contributed by atoms with Crippen LogP contribution in [0.2, 0.25) is 0 Å². The summed E-state index contributed by atoms with van der Waals surface area (Å²) in [6.45, 7) is 6.04. The number of aryl methyl sites for hydroxylation is 1. The van der Waals surface area contributed by atoms with Gasteiger partial charge in [0.1, 0.15) is 5.54 Å². The van der Waals surface area contributed by atoms with E-state index < -0.39 is 5.54 Å². The van der Waals surface area contributed by atoms with Crippen LogP contribution in [0.4, 0.5) is 4.79 Å². The van der Waals surface area contributed by atoms with E-state index in [1.54, 1.807) is 0 Å². The van der Waals surface area contributed by atoms with Gasteiger partial charge in [-0.25, -0.2) is 4.79 Å². The van der Waals surface area contributed by atoms with Crippen molar-refractivity contribution in [2.75, 3.05) is 20.1 Å². The highest BCUT2D eigenvalue weighted by atomic mass is 16.5. The average Bonchev–Trinajstić information content (AvgIpc) is 3.07. The van der Waals surface area contributed by atoms with Crippen LogP contribution < -0.4 is 5.32 Å². The Labute approximate surface area is 135 Å². The quantitative estimate of drug-likeness (QED) is 0.824. The van der Waals surface area contributed by atoms with E-state index in [1.807, 2.05) is 13.8 Å². The van der Waals surface area contributed by atoms with E-state index >= 15 is 0 Å². The van der Waals surface area contributed by atoms with Crippen molar-refractivity contribution in [2.24, 2.45) is 5.92 Å². The number of carbonyl (C=O) groups excluding carboxylic acids is 2. The molecule has 1 aromatic heterocycles. The van der Waals surface area contributed by atoms with Crippen LogP contribution in [-0.2, 0) is 17.8 Å². The van der Waals surface area contributed by atoms with Crippen molar-refractivity contribution < 1.29 is 14.1 Å². The Bertz CT molecular complexity index is 616. The van der Waals surface area contributed by atoms with Gasteiger partial charge in [-0.2, -0.15) is 4.98 Å². The van der Waals surface area contributed by atoms with Crippen LogP contribution in [0.3, 0.4) is 0 Å². The molecule has 3 amide bonds. The molecule has 0 aliphatic carbocycles. The molecule has 0 unspecified atom stereocenters. The standard InChI is InChI=1S/C15H23N5O3/c1-4-11-16-12(23-18-11)9-20-7-5-6-10(8-20)15(2)13(21)19(3)14(22)17-15/h10H,4-9H2,1-3H3,(H,17,22)/t10-,15+/m1/s1. The van der Waals surface area contributed by atoms with Gasteiger partial charge in [-0.15, -0.1) is 0 Å². The minimum absolute atomic E-state index is 0.0752. The number of likely N-dealkylation sites (N-methyl/N-ethyl adjacent to an activating group) is 1. The molecule has 0 aromatic carbocycles. The number of urea groups is 1. The maximum Gasteiger partial charge on any atom is 0.324 e. The second-order valence-corrected chi connectivity index (χ2v) is 6.53. The highest BCUT2D eigenvalue weighted by Crippen LogP contribution is 2.32. The Balaban J connectivity index is 1.68. The van der Waals surface area contributed by atoms with E-state index in [1.165, 1.54) is 11.9 Å². The van der Waals surface area contributed by atoms with E-state index in [2.05, 4.69) is 20.4 Å². The molecule has 2 atom stereocenters. The first kappa shape index (κ1) is 15.9. The molecule has 2 aliphatic heterocycles. The number of piperidine rings is 1. The SMILES string of the molecule is CCc1noc(CN2CCC[C@@H]([C@]3(C)NC(=O)N(C)C3=O)C2)n1. The fourth-order valence-electron chi connectivity index (χ4n) is 3.44. The lowest BCUT2D eigenvalue weighted by molar-refractivity contribution is -0.132. The molecule has 3 rings (SSSR count). The van der Waals surface area contributed by atoms with Crippen molar-refractivity contribution in [3.05, 3.63) is 11.7 Å². The predicted molar refractivity (Wildman–Crippen MR) is 81.4 cm³/mol. The molecule has 2 aliphatic rings. The van der Waals surface area contributed by atoms with Crippen molar-refractivity contribution >= 4 is 11.9 Å². The number of rotatable bonds is 4. The number of nitrogens with one attached hydrogen (secondary N) is 1. The molecule has 1 aromatic rings. The van der Waals surface area contributed by atoms with Crippen molar-refractivity contribution in [3.8, 4) is 0 Å². The highest BCUT2D eigenvalue weighted by Gasteiger charge is 2.51. The summed E-state index contributed by atoms with van der Waals surface area (Å²) in [5.74, 6) is 1.23. The molecule has 0 saturated carbocycles. The van der Waals surface area contributed by atoms with Gasteiger partial charge in [0, 0.05) is 25.9 Å². The summed E-state index contributed by atoms with van der Waals surface area (Å²) >= 11 is 0. The Morgan fingerprint density at radius 1 is 1.43 bits per heavy atom. The van der Waals surface area contributed by atoms with Crippen LogP contribution in [0.1, 0.15) is 38.4 Å². The first-order valence-corrected chi connectivity index (χ1v) is 8.08. The lowest BCUT2D eigenvalue weighted by atomic mass is 9.80. The van der Waals surface area contributed by atoms with Crippen molar-refractivity contribution in [2.45, 2.75) is 45.2 Å². The molecular weight excluding hydrogens is 298 g/mol. The summed E-state index contributed by atoms with van der Waals surface area (Å²) in [5.41, 5.74) is -0.825. The zero-order chi connectivity index (χ0) is 16.6. The summed E-state index contributed by atoms with van der Waals surface area (Å²) in [6, 6.07) is -0.320. The molecule has 8 nitrogen and oxygen atoms in total. The van der Waals surface area contributed by atoms with Gasteiger partial charge in [0.2, 0.25) is 5.89 Å². The molecular formula is C15H23N5O3. The molecule has 3 heterocycles. The van der Waals surface area contributed by atoms with Crippen LogP contribution in [0, 0.1) is 5.92 Å². The van der Waals surface area contributed by atoms with E-state index in [0.29, 0.717) is 18.3 Å². The maximum absolute atomic E-state index is 12.4. The molecule has 2 saturated heterocycles. The number of nitrogens with zero attached hydrogens (tertiary/aromatic N) is 4. The molecule has 126 valence electrons. The summed E-state index contributed by atoms with van der Waals surface area (Å²) in [4.78, 5) is 31.9. The van der Waals surface area contributed by atoms with Gasteiger partial charge in [-0.1, -0.05) is 12.1 Å². The molecule has 8 heteroatoms. The Morgan fingerprint density at radius 3 is 2.83 bits per heavy atom. The van der Waals surface area contributed by atoms with Gasteiger partial charge in [0.15, 0.2) is 5.82 Å². The van der Waals surface area contributed by atoms with E-state index in [-0.39, 0.29) is 17.9 Å². The summed E-state index contributed by atoms with van der Waals surface area (Å²) in [5, 5.41) is 6.77. The third kappa shape index (κ3) is 2.83. The number of likely N-dealkylation sites (tertiary alicyclic amines) is 1. The van der Waals surface area contributed by atoms with Crippen molar-refractivity contribution in [1.29, 1.82) is 0 Å². The van der Waals surface area contributed by atoms with Gasteiger partial charge in [0.25, 0.3) is 5.91 Å². The fraction of sp³-hybridized carbons (Fsp3) is 0.733. The van der Waals surface area contributed by atoms with Gasteiger partial charge in [0.05, 0.1) is 6.54 Å². The van der Waals surface area contributed by atoms with Crippen LogP contribution in [0.15, 0.2) is 4.52 Å². The number of amides is 3. The van der Waals surface area contributed by atoms with Crippen LogP contribution in [-0.4, -0.2) is 57.6 Å². The van der Waals surface area contributed by atoms with Crippen molar-refractivity contribution in [1.82, 2.24) is 25.3 Å². The first-order chi connectivity index (χ1) is 10.9. The fourth-order valence-corrected chi connectivity index (χ4v) is 3.44. The number of carbonyl (C=O) groups is 2. The third-order valence-electron chi connectivity index (χ3n) is 4.93. The van der Waals surface area contributed by atoms with Crippen LogP contribution in [0.25, 0.3) is 0 Å². The number of hydrogen-bond donors (Lipinski definition) is 1. The highest BCUT2D eigenvalue weighted by molar-refractivity contribution is 6.06. The third-order valence-corrected chi connectivity index (χ3v) is 4.93. The van der Waals surface area contributed by atoms with Gasteiger partial charge < -0.3 is 9.84 Å². The minimum Gasteiger partial charge on any atom is -0.338 e. The molecule has 2 fully saturated rings. The van der Waals surface area contributed by atoms with Crippen molar-refractivity contribution in [3.63, 3.8) is 0 Å². The smallest absolute Gasteiger partial charge is 0.324 e. The molecule has 0 spiro atoms. The second kappa shape index (κ2) is 5.92. The molecule has 0 bridgehead atoms. The Kier molecular flexibility index (Phi) is 4.09. The topological polar surface area (TPSA) is 91.6 Å². The van der Waals surface area contributed by atoms with E-state index in [0.717, 1.165) is 32.4 Å². The molecule has 0 radical (unpaired) electrons. The normalized spacial score (nSPS) is 29.2. The number of hydrogen-bond acceptors (Lipinski definition) is 6. The van der Waals surface area contributed by atoms with E-state index in [4.69, 9.17) is 4.52 Å².